The topological polar surface area (TPSA) is 104 Å². The first-order chi connectivity index (χ1) is 4.33. The van der Waals surface area contributed by atoms with Gasteiger partial charge in [0.15, 0.2) is 0 Å². The second kappa shape index (κ2) is 15.7. The first-order valence-electron chi connectivity index (χ1n) is 3.13. The minimum Gasteiger partial charge on any atom is -0.330 e. The molecule has 0 unspecified atom stereocenters. The Morgan fingerprint density at radius 1 is 0.556 bits per heavy atom. The van der Waals surface area contributed by atoms with Crippen LogP contribution in [0.25, 0.3) is 0 Å². The van der Waals surface area contributed by atoms with Gasteiger partial charge >= 0.3 is 0 Å². The van der Waals surface area contributed by atoms with E-state index in [1.54, 1.807) is 0 Å². The van der Waals surface area contributed by atoms with Crippen LogP contribution in [0.2, 0.25) is 0 Å². The van der Waals surface area contributed by atoms with E-state index in [-0.39, 0.29) is 0 Å². The molecule has 0 aliphatic heterocycles. The molecule has 0 amide bonds. The molecule has 58 valence electrons. The molecule has 0 spiro atoms. The van der Waals surface area contributed by atoms with Crippen LogP contribution in [0.4, 0.5) is 0 Å². The Morgan fingerprint density at radius 2 is 0.889 bits per heavy atom. The van der Waals surface area contributed by atoms with E-state index in [0.29, 0.717) is 13.1 Å². The molecule has 0 rings (SSSR count). The molecule has 0 fully saturated rings. The average molecular weight is 134 g/mol. The molecule has 4 heteroatoms. The number of hydrogen-bond donors (Lipinski definition) is 4. The third kappa shape index (κ3) is 33.2. The minimum atomic E-state index is 0.597. The lowest BCUT2D eigenvalue weighted by Crippen LogP contribution is -2.11. The van der Waals surface area contributed by atoms with Crippen molar-refractivity contribution in [3.63, 3.8) is 0 Å². The Balaban J connectivity index is 0. The highest BCUT2D eigenvalue weighted by Crippen LogP contribution is 1.58. The van der Waals surface area contributed by atoms with E-state index in [4.69, 9.17) is 22.9 Å². The molecular weight excluding hydrogens is 116 g/mol. The summed E-state index contributed by atoms with van der Waals surface area (Å²) < 4.78 is 0. The molecule has 0 saturated heterocycles. The maximum Gasteiger partial charge on any atom is 0.00461 e. The van der Waals surface area contributed by atoms with E-state index in [9.17, 15) is 0 Å². The summed E-state index contributed by atoms with van der Waals surface area (Å²) in [6.45, 7) is 2.63. The predicted molar refractivity (Wildman–Crippen MR) is 40.8 cm³/mol. The summed E-state index contributed by atoms with van der Waals surface area (Å²) in [5.74, 6) is 0. The number of hydrogen-bond acceptors (Lipinski definition) is 4. The number of nitrogens with two attached hydrogens (primary N) is 4. The minimum absolute atomic E-state index is 0.597. The van der Waals surface area contributed by atoms with Crippen molar-refractivity contribution in [2.45, 2.75) is 6.42 Å². The highest BCUT2D eigenvalue weighted by atomic mass is 14.6. The summed E-state index contributed by atoms with van der Waals surface area (Å²) >= 11 is 0. The lowest BCUT2D eigenvalue weighted by Gasteiger charge is -1.81. The van der Waals surface area contributed by atoms with Gasteiger partial charge < -0.3 is 22.9 Å². The molecule has 0 saturated carbocycles. The molecule has 0 radical (unpaired) electrons. The molecule has 8 N–H and O–H groups in total. The Hall–Kier alpha value is -0.160. The van der Waals surface area contributed by atoms with Crippen LogP contribution in [0.3, 0.4) is 0 Å². The molecule has 0 heterocycles. The predicted octanol–water partition coefficient (Wildman–Crippen LogP) is -1.80. The molecule has 9 heavy (non-hydrogen) atoms. The molecule has 0 bridgehead atoms. The van der Waals surface area contributed by atoms with E-state index in [1.807, 2.05) is 0 Å². The van der Waals surface area contributed by atoms with E-state index in [0.717, 1.165) is 19.5 Å². The molecule has 0 aromatic heterocycles. The van der Waals surface area contributed by atoms with Gasteiger partial charge in [-0.2, -0.15) is 0 Å². The summed E-state index contributed by atoms with van der Waals surface area (Å²) in [6.07, 6.45) is 0.944. The summed E-state index contributed by atoms with van der Waals surface area (Å²) in [5, 5.41) is 0. The van der Waals surface area contributed by atoms with Crippen LogP contribution < -0.4 is 22.9 Å². The first kappa shape index (κ1) is 11.6. The van der Waals surface area contributed by atoms with Crippen molar-refractivity contribution in [2.75, 3.05) is 26.2 Å². The Bertz CT molecular complexity index is 28.1. The largest absolute Gasteiger partial charge is 0.330 e. The fourth-order valence-electron chi connectivity index (χ4n) is 0.118. The van der Waals surface area contributed by atoms with Crippen LogP contribution in [0, 0.1) is 0 Å². The van der Waals surface area contributed by atoms with E-state index in [2.05, 4.69) is 0 Å². The van der Waals surface area contributed by atoms with Crippen LogP contribution in [-0.4, -0.2) is 26.2 Å². The van der Waals surface area contributed by atoms with Gasteiger partial charge in [0.25, 0.3) is 0 Å². The van der Waals surface area contributed by atoms with Gasteiger partial charge in [0.2, 0.25) is 0 Å². The monoisotopic (exact) mass is 134 g/mol. The molecule has 0 aliphatic carbocycles. The summed E-state index contributed by atoms with van der Waals surface area (Å²) in [5.41, 5.74) is 19.9. The van der Waals surface area contributed by atoms with Crippen molar-refractivity contribution in [1.82, 2.24) is 0 Å². The van der Waals surface area contributed by atoms with Gasteiger partial charge in [-0.3, -0.25) is 0 Å². The van der Waals surface area contributed by atoms with Crippen LogP contribution in [0.5, 0.6) is 0 Å². The van der Waals surface area contributed by atoms with Crippen LogP contribution in [-0.2, 0) is 0 Å². The number of rotatable bonds is 3. The summed E-state index contributed by atoms with van der Waals surface area (Å²) in [7, 11) is 0. The van der Waals surface area contributed by atoms with Crippen molar-refractivity contribution in [2.24, 2.45) is 22.9 Å². The molecular formula is C5H18N4. The fraction of sp³-hybridized carbons (Fsp3) is 1.00. The van der Waals surface area contributed by atoms with Crippen molar-refractivity contribution in [3.05, 3.63) is 0 Å². The zero-order valence-corrected chi connectivity index (χ0v) is 5.84. The quantitative estimate of drug-likeness (QED) is 0.365. The lowest BCUT2D eigenvalue weighted by molar-refractivity contribution is 0.844. The summed E-state index contributed by atoms with van der Waals surface area (Å²) in [6, 6.07) is 0. The second-order valence-corrected chi connectivity index (χ2v) is 1.51. The maximum atomic E-state index is 5.06. The molecule has 0 aromatic carbocycles. The van der Waals surface area contributed by atoms with Crippen molar-refractivity contribution < 1.29 is 0 Å². The SMILES string of the molecule is NCCCN.NCCN. The fourth-order valence-corrected chi connectivity index (χ4v) is 0.118. The van der Waals surface area contributed by atoms with Gasteiger partial charge in [-0.25, -0.2) is 0 Å². The zero-order chi connectivity index (χ0) is 7.54. The Kier molecular flexibility index (Phi) is 20.2. The van der Waals surface area contributed by atoms with Gasteiger partial charge in [-0.05, 0) is 19.5 Å². The zero-order valence-electron chi connectivity index (χ0n) is 5.84. The molecule has 0 aliphatic rings. The van der Waals surface area contributed by atoms with Gasteiger partial charge in [0.05, 0.1) is 0 Å². The van der Waals surface area contributed by atoms with Gasteiger partial charge in [-0.1, -0.05) is 0 Å². The highest BCUT2D eigenvalue weighted by molar-refractivity contribution is 4.33. The molecule has 4 nitrogen and oxygen atoms in total. The normalized spacial score (nSPS) is 8.00. The van der Waals surface area contributed by atoms with E-state index < -0.39 is 0 Å². The summed E-state index contributed by atoms with van der Waals surface area (Å²) in [4.78, 5) is 0. The van der Waals surface area contributed by atoms with Crippen molar-refractivity contribution in [3.8, 4) is 0 Å². The highest BCUT2D eigenvalue weighted by Gasteiger charge is 1.67. The third-order valence-corrected chi connectivity index (χ3v) is 0.575. The van der Waals surface area contributed by atoms with E-state index in [1.165, 1.54) is 0 Å². The maximum absolute atomic E-state index is 5.06. The van der Waals surface area contributed by atoms with Crippen molar-refractivity contribution >= 4 is 0 Å². The van der Waals surface area contributed by atoms with E-state index >= 15 is 0 Å². The van der Waals surface area contributed by atoms with Gasteiger partial charge in [0.1, 0.15) is 0 Å². The molecule has 0 atom stereocenters. The first-order valence-corrected chi connectivity index (χ1v) is 3.13. The van der Waals surface area contributed by atoms with Crippen molar-refractivity contribution in [1.29, 1.82) is 0 Å². The Labute approximate surface area is 56.6 Å². The second-order valence-electron chi connectivity index (χ2n) is 1.51. The van der Waals surface area contributed by atoms with Gasteiger partial charge in [0, 0.05) is 13.1 Å². The van der Waals surface area contributed by atoms with Gasteiger partial charge in [-0.15, -0.1) is 0 Å². The lowest BCUT2D eigenvalue weighted by atomic mass is 10.4. The van der Waals surface area contributed by atoms with Crippen LogP contribution >= 0.6 is 0 Å². The Morgan fingerprint density at radius 3 is 0.889 bits per heavy atom. The third-order valence-electron chi connectivity index (χ3n) is 0.575. The molecule has 0 aromatic rings. The average Bonchev–Trinajstić information content (AvgIpc) is 1.91. The standard InChI is InChI=1S/C3H10N2.C2H8N2/c4-2-1-3-5;3-1-2-4/h1-5H2;1-4H2. The smallest absolute Gasteiger partial charge is 0.00461 e. The van der Waals surface area contributed by atoms with Crippen LogP contribution in [0.1, 0.15) is 6.42 Å². The van der Waals surface area contributed by atoms with Crippen LogP contribution in [0.15, 0.2) is 0 Å².